The van der Waals surface area contributed by atoms with Gasteiger partial charge in [0.2, 0.25) is 0 Å². The van der Waals surface area contributed by atoms with Crippen LogP contribution in [0.1, 0.15) is 19.7 Å². The molecule has 1 aliphatic heterocycles. The zero-order valence-electron chi connectivity index (χ0n) is 11.2. The number of Topliss-reactive ketones (excluding diaryl/α,β-unsaturated/α-hetero) is 1. The van der Waals surface area contributed by atoms with Gasteiger partial charge in [0.15, 0.2) is 5.78 Å². The Morgan fingerprint density at radius 2 is 2.39 bits per heavy atom. The van der Waals surface area contributed by atoms with Crippen molar-refractivity contribution in [3.63, 3.8) is 0 Å². The number of rotatable bonds is 4. The quantitative estimate of drug-likeness (QED) is 0.757. The Morgan fingerprint density at radius 3 is 3.00 bits per heavy atom. The van der Waals surface area contributed by atoms with Gasteiger partial charge in [-0.2, -0.15) is 5.10 Å². The number of carbonyl (C=O) groups excluding carboxylic acids is 1. The molecule has 18 heavy (non-hydrogen) atoms. The van der Waals surface area contributed by atoms with Gasteiger partial charge in [-0.1, -0.05) is 0 Å². The number of ketones is 1. The van der Waals surface area contributed by atoms with Crippen molar-refractivity contribution in [3.05, 3.63) is 12.2 Å². The monoisotopic (exact) mass is 252 g/mol. The molecule has 0 N–H and O–H groups in total. The highest BCUT2D eigenvalue weighted by molar-refractivity contribution is 5.85. The molecule has 6 nitrogen and oxygen atoms in total. The molecule has 100 valence electrons. The van der Waals surface area contributed by atoms with Crippen LogP contribution >= 0.6 is 0 Å². The van der Waals surface area contributed by atoms with Crippen molar-refractivity contribution in [2.24, 2.45) is 7.05 Å². The number of nitrogens with zero attached hydrogens (tertiary/aromatic N) is 4. The molecule has 0 saturated carbocycles. The fraction of sp³-hybridized carbons (Fsp3) is 0.750. The van der Waals surface area contributed by atoms with Crippen LogP contribution in [0.2, 0.25) is 0 Å². The van der Waals surface area contributed by atoms with Gasteiger partial charge in [-0.3, -0.25) is 14.4 Å². The summed E-state index contributed by atoms with van der Waals surface area (Å²) in [6.45, 7) is 6.46. The molecule has 1 aromatic heterocycles. The van der Waals surface area contributed by atoms with Crippen LogP contribution in [-0.4, -0.2) is 57.3 Å². The maximum absolute atomic E-state index is 12.2. The van der Waals surface area contributed by atoms with Gasteiger partial charge in [-0.05, 0) is 13.8 Å². The second-order valence-corrected chi connectivity index (χ2v) is 4.89. The minimum Gasteiger partial charge on any atom is -0.368 e. The summed E-state index contributed by atoms with van der Waals surface area (Å²) in [7, 11) is 1.79. The van der Waals surface area contributed by atoms with Crippen molar-refractivity contribution in [2.75, 3.05) is 19.7 Å². The molecule has 6 heteroatoms. The lowest BCUT2D eigenvalue weighted by Crippen LogP contribution is -2.49. The molecule has 0 aliphatic carbocycles. The van der Waals surface area contributed by atoms with E-state index >= 15 is 0 Å². The number of ether oxygens (including phenoxy) is 1. The Labute approximate surface area is 107 Å². The molecule has 0 amide bonds. The summed E-state index contributed by atoms with van der Waals surface area (Å²) >= 11 is 0. The van der Waals surface area contributed by atoms with E-state index in [1.54, 1.807) is 11.7 Å². The smallest absolute Gasteiger partial charge is 0.170 e. The Kier molecular flexibility index (Phi) is 4.08. The lowest BCUT2D eigenvalue weighted by Gasteiger charge is -2.34. The van der Waals surface area contributed by atoms with E-state index in [0.29, 0.717) is 25.0 Å². The van der Waals surface area contributed by atoms with Crippen LogP contribution in [0.5, 0.6) is 0 Å². The van der Waals surface area contributed by atoms with E-state index in [2.05, 4.69) is 28.8 Å². The van der Waals surface area contributed by atoms with Gasteiger partial charge < -0.3 is 4.74 Å². The summed E-state index contributed by atoms with van der Waals surface area (Å²) in [5.74, 6) is 0.765. The minimum absolute atomic E-state index is 0.0800. The fourth-order valence-electron chi connectivity index (χ4n) is 2.08. The van der Waals surface area contributed by atoms with Gasteiger partial charge in [0, 0.05) is 26.2 Å². The number of aryl methyl sites for hydroxylation is 1. The highest BCUT2D eigenvalue weighted by Crippen LogP contribution is 2.11. The SMILES string of the molecule is CC(C)N1CCOC(C(=O)Cc2ncnn2C)C1. The number of hydrogen-bond acceptors (Lipinski definition) is 5. The van der Waals surface area contributed by atoms with Crippen molar-refractivity contribution in [2.45, 2.75) is 32.4 Å². The third kappa shape index (κ3) is 2.94. The zero-order chi connectivity index (χ0) is 13.1. The van der Waals surface area contributed by atoms with Crippen molar-refractivity contribution in [1.82, 2.24) is 19.7 Å². The second-order valence-electron chi connectivity index (χ2n) is 4.89. The summed E-state index contributed by atoms with van der Waals surface area (Å²) in [6, 6.07) is 0.444. The van der Waals surface area contributed by atoms with E-state index in [1.165, 1.54) is 6.33 Å². The molecule has 0 spiro atoms. The predicted molar refractivity (Wildman–Crippen MR) is 66.2 cm³/mol. The van der Waals surface area contributed by atoms with Gasteiger partial charge in [0.25, 0.3) is 0 Å². The molecule has 1 aliphatic rings. The Balaban J connectivity index is 1.95. The molecule has 1 unspecified atom stereocenters. The number of morpholine rings is 1. The number of carbonyl (C=O) groups is 1. The molecular formula is C12H20N4O2. The predicted octanol–water partition coefficient (Wildman–Crippen LogP) is 0.0359. The van der Waals surface area contributed by atoms with E-state index in [1.807, 2.05) is 0 Å². The number of hydrogen-bond donors (Lipinski definition) is 0. The van der Waals surface area contributed by atoms with Crippen LogP contribution in [0, 0.1) is 0 Å². The normalized spacial score (nSPS) is 21.4. The van der Waals surface area contributed by atoms with Crippen LogP contribution in [0.15, 0.2) is 6.33 Å². The van der Waals surface area contributed by atoms with Crippen molar-refractivity contribution < 1.29 is 9.53 Å². The topological polar surface area (TPSA) is 60.2 Å². The maximum atomic E-state index is 12.2. The average Bonchev–Trinajstić information content (AvgIpc) is 2.75. The third-order valence-corrected chi connectivity index (χ3v) is 3.32. The van der Waals surface area contributed by atoms with Crippen molar-refractivity contribution in [1.29, 1.82) is 0 Å². The Bertz CT molecular complexity index is 416. The third-order valence-electron chi connectivity index (χ3n) is 3.32. The van der Waals surface area contributed by atoms with E-state index in [9.17, 15) is 4.79 Å². The standard InChI is InChI=1S/C12H20N4O2/c1-9(2)16-4-5-18-11(7-16)10(17)6-12-13-8-14-15(12)3/h8-9,11H,4-7H2,1-3H3. The van der Waals surface area contributed by atoms with E-state index < -0.39 is 0 Å². The molecule has 2 rings (SSSR count). The molecule has 1 atom stereocenters. The van der Waals surface area contributed by atoms with Crippen molar-refractivity contribution >= 4 is 5.78 Å². The molecular weight excluding hydrogens is 232 g/mol. The summed E-state index contributed by atoms with van der Waals surface area (Å²) in [5.41, 5.74) is 0. The highest BCUT2D eigenvalue weighted by Gasteiger charge is 2.28. The first-order valence-electron chi connectivity index (χ1n) is 6.29. The highest BCUT2D eigenvalue weighted by atomic mass is 16.5. The van der Waals surface area contributed by atoms with Gasteiger partial charge in [-0.25, -0.2) is 4.98 Å². The van der Waals surface area contributed by atoms with Crippen molar-refractivity contribution in [3.8, 4) is 0 Å². The summed E-state index contributed by atoms with van der Waals surface area (Å²) in [5, 5.41) is 3.96. The zero-order valence-corrected chi connectivity index (χ0v) is 11.2. The van der Waals surface area contributed by atoms with E-state index in [0.717, 1.165) is 6.54 Å². The fourth-order valence-corrected chi connectivity index (χ4v) is 2.08. The molecule has 1 saturated heterocycles. The molecule has 0 radical (unpaired) electrons. The first kappa shape index (κ1) is 13.2. The van der Waals surface area contributed by atoms with E-state index in [4.69, 9.17) is 4.74 Å². The van der Waals surface area contributed by atoms with Gasteiger partial charge >= 0.3 is 0 Å². The maximum Gasteiger partial charge on any atom is 0.170 e. The summed E-state index contributed by atoms with van der Waals surface area (Å²) in [4.78, 5) is 18.5. The van der Waals surface area contributed by atoms with Crippen LogP contribution in [0.3, 0.4) is 0 Å². The largest absolute Gasteiger partial charge is 0.368 e. The van der Waals surface area contributed by atoms with Gasteiger partial charge in [0.1, 0.15) is 18.3 Å². The second kappa shape index (κ2) is 5.58. The first-order valence-corrected chi connectivity index (χ1v) is 6.29. The van der Waals surface area contributed by atoms with Crippen LogP contribution in [-0.2, 0) is 23.0 Å². The minimum atomic E-state index is -0.335. The van der Waals surface area contributed by atoms with Crippen LogP contribution < -0.4 is 0 Å². The molecule has 2 heterocycles. The summed E-state index contributed by atoms with van der Waals surface area (Å²) in [6.07, 6.45) is 1.41. The van der Waals surface area contributed by atoms with Gasteiger partial charge in [-0.15, -0.1) is 0 Å². The lowest BCUT2D eigenvalue weighted by atomic mass is 10.1. The lowest BCUT2D eigenvalue weighted by molar-refractivity contribution is -0.136. The number of aromatic nitrogens is 3. The Morgan fingerprint density at radius 1 is 1.61 bits per heavy atom. The Hall–Kier alpha value is -1.27. The van der Waals surface area contributed by atoms with E-state index in [-0.39, 0.29) is 18.3 Å². The van der Waals surface area contributed by atoms with Gasteiger partial charge in [0.05, 0.1) is 13.0 Å². The average molecular weight is 252 g/mol. The molecule has 0 aromatic carbocycles. The summed E-state index contributed by atoms with van der Waals surface area (Å²) < 4.78 is 7.19. The van der Waals surface area contributed by atoms with Crippen LogP contribution in [0.25, 0.3) is 0 Å². The first-order chi connectivity index (χ1) is 8.58. The molecule has 0 bridgehead atoms. The molecule has 1 fully saturated rings. The molecule has 1 aromatic rings. The van der Waals surface area contributed by atoms with Crippen LogP contribution in [0.4, 0.5) is 0 Å².